The zero-order valence-electron chi connectivity index (χ0n) is 9.71. The molecule has 1 N–H and O–H groups in total. The van der Waals surface area contributed by atoms with Crippen molar-refractivity contribution in [2.45, 2.75) is 12.5 Å². The maximum atomic E-state index is 10.0. The molecule has 1 aromatic rings. The molecule has 0 radical (unpaired) electrons. The number of thiocarbonyl (C=S) groups is 1. The second-order valence-corrected chi connectivity index (χ2v) is 5.06. The highest BCUT2D eigenvalue weighted by molar-refractivity contribution is 7.80. The lowest BCUT2D eigenvalue weighted by Gasteiger charge is -2.23. The molecule has 0 saturated heterocycles. The van der Waals surface area contributed by atoms with Crippen molar-refractivity contribution in [3.05, 3.63) is 47.7 Å². The molecule has 0 aliphatic heterocycles. The van der Waals surface area contributed by atoms with Gasteiger partial charge in [-0.3, -0.25) is 0 Å². The normalized spacial score (nSPS) is 11.8. The number of nitrogens with zero attached hydrogens (tertiary/aromatic N) is 1. The van der Waals surface area contributed by atoms with Gasteiger partial charge in [-0.15, -0.1) is 24.5 Å². The van der Waals surface area contributed by atoms with Crippen LogP contribution in [0.25, 0.3) is 0 Å². The molecule has 0 aliphatic rings. The Morgan fingerprint density at radius 1 is 1.47 bits per heavy atom. The van der Waals surface area contributed by atoms with Crippen molar-refractivity contribution >= 4 is 28.5 Å². The average Bonchev–Trinajstić information content (AvgIpc) is 2.82. The van der Waals surface area contributed by atoms with E-state index in [4.69, 9.17) is 12.2 Å². The molecule has 1 aromatic heterocycles. The van der Waals surface area contributed by atoms with Crippen LogP contribution in [-0.4, -0.2) is 28.1 Å². The predicted molar refractivity (Wildman–Crippen MR) is 78.5 cm³/mol. The largest absolute Gasteiger partial charge is 0.387 e. The number of hydrogen-bond donors (Lipinski definition) is 1. The van der Waals surface area contributed by atoms with Crippen LogP contribution in [0.4, 0.5) is 0 Å². The number of rotatable bonds is 7. The summed E-state index contributed by atoms with van der Waals surface area (Å²) in [5, 5.41) is 12.0. The van der Waals surface area contributed by atoms with Crippen molar-refractivity contribution in [1.29, 1.82) is 0 Å². The Labute approximate surface area is 112 Å². The molecule has 0 aromatic carbocycles. The van der Waals surface area contributed by atoms with Crippen LogP contribution < -0.4 is 0 Å². The third-order valence-electron chi connectivity index (χ3n) is 2.29. The highest BCUT2D eigenvalue weighted by Crippen LogP contribution is 2.22. The van der Waals surface area contributed by atoms with Crippen LogP contribution in [0, 0.1) is 0 Å². The second-order valence-electron chi connectivity index (χ2n) is 3.61. The number of aliphatic hydroxyl groups excluding tert-OH is 1. The van der Waals surface area contributed by atoms with E-state index in [9.17, 15) is 5.11 Å². The van der Waals surface area contributed by atoms with E-state index in [1.165, 1.54) is 0 Å². The van der Waals surface area contributed by atoms with Crippen molar-refractivity contribution < 1.29 is 5.11 Å². The minimum Gasteiger partial charge on any atom is -0.387 e. The maximum Gasteiger partial charge on any atom is 0.0944 e. The van der Waals surface area contributed by atoms with Crippen LogP contribution in [-0.2, 0) is 0 Å². The topological polar surface area (TPSA) is 23.5 Å². The molecule has 1 rings (SSSR count). The van der Waals surface area contributed by atoms with Gasteiger partial charge in [0.25, 0.3) is 0 Å². The van der Waals surface area contributed by atoms with E-state index in [1.807, 2.05) is 22.4 Å². The van der Waals surface area contributed by atoms with Gasteiger partial charge in [0.15, 0.2) is 0 Å². The van der Waals surface area contributed by atoms with Gasteiger partial charge in [0.1, 0.15) is 0 Å². The van der Waals surface area contributed by atoms with E-state index in [1.54, 1.807) is 23.5 Å². The Kier molecular flexibility index (Phi) is 6.11. The molecule has 0 aliphatic carbocycles. The van der Waals surface area contributed by atoms with Crippen molar-refractivity contribution in [3.8, 4) is 0 Å². The fourth-order valence-corrected chi connectivity index (χ4v) is 2.48. The molecule has 1 unspecified atom stereocenters. The molecule has 0 spiro atoms. The van der Waals surface area contributed by atoms with Gasteiger partial charge in [0.2, 0.25) is 0 Å². The summed E-state index contributed by atoms with van der Waals surface area (Å²) >= 11 is 6.87. The van der Waals surface area contributed by atoms with Crippen LogP contribution >= 0.6 is 23.6 Å². The van der Waals surface area contributed by atoms with Crippen molar-refractivity contribution in [1.82, 2.24) is 4.90 Å². The summed E-state index contributed by atoms with van der Waals surface area (Å²) < 4.78 is 0. The summed E-state index contributed by atoms with van der Waals surface area (Å²) in [4.78, 5) is 3.67. The Bertz CT molecular complexity index is 363. The number of hydrogen-bond acceptors (Lipinski definition) is 3. The Morgan fingerprint density at radius 2 is 2.12 bits per heavy atom. The van der Waals surface area contributed by atoms with E-state index in [0.29, 0.717) is 19.5 Å². The van der Waals surface area contributed by atoms with Crippen molar-refractivity contribution in [2.75, 3.05) is 13.1 Å². The third kappa shape index (κ3) is 4.42. The summed E-state index contributed by atoms with van der Waals surface area (Å²) in [6, 6.07) is 3.85. The molecule has 92 valence electrons. The van der Waals surface area contributed by atoms with Crippen LogP contribution in [0.1, 0.15) is 17.4 Å². The van der Waals surface area contributed by atoms with Crippen molar-refractivity contribution in [2.24, 2.45) is 0 Å². The van der Waals surface area contributed by atoms with Gasteiger partial charge in [0.05, 0.1) is 11.1 Å². The van der Waals surface area contributed by atoms with E-state index >= 15 is 0 Å². The fourth-order valence-electron chi connectivity index (χ4n) is 1.47. The molecule has 1 heterocycles. The molecule has 1 atom stereocenters. The maximum absolute atomic E-state index is 10.0. The van der Waals surface area contributed by atoms with Gasteiger partial charge in [-0.05, 0) is 11.4 Å². The van der Waals surface area contributed by atoms with E-state index in [2.05, 4.69) is 13.2 Å². The van der Waals surface area contributed by atoms with Crippen LogP contribution in [0.3, 0.4) is 0 Å². The molecular formula is C13H17NOS2. The molecule has 0 saturated carbocycles. The van der Waals surface area contributed by atoms with Gasteiger partial charge >= 0.3 is 0 Å². The molecule has 0 fully saturated rings. The van der Waals surface area contributed by atoms with Gasteiger partial charge in [-0.1, -0.05) is 30.4 Å². The minimum atomic E-state index is -0.514. The number of aliphatic hydroxyl groups is 1. The lowest BCUT2D eigenvalue weighted by atomic mass is 10.2. The fraction of sp³-hybridized carbons (Fsp3) is 0.308. The van der Waals surface area contributed by atoms with Gasteiger partial charge < -0.3 is 10.0 Å². The van der Waals surface area contributed by atoms with E-state index in [0.717, 1.165) is 9.87 Å². The monoisotopic (exact) mass is 267 g/mol. The summed E-state index contributed by atoms with van der Waals surface area (Å²) in [6.45, 7) is 8.76. The first-order valence-corrected chi connectivity index (χ1v) is 6.68. The standard InChI is InChI=1S/C13H17NOS2/c1-3-7-14(8-4-2)13(16)10-11(15)12-6-5-9-17-12/h3-6,9,11,15H,1-2,7-8,10H2. The number of thiophene rings is 1. The lowest BCUT2D eigenvalue weighted by molar-refractivity contribution is 0.187. The summed E-state index contributed by atoms with van der Waals surface area (Å²) in [5.74, 6) is 0. The van der Waals surface area contributed by atoms with Gasteiger partial charge in [-0.25, -0.2) is 0 Å². The first-order valence-electron chi connectivity index (χ1n) is 5.40. The van der Waals surface area contributed by atoms with Crippen LogP contribution in [0.2, 0.25) is 0 Å². The smallest absolute Gasteiger partial charge is 0.0944 e. The molecule has 2 nitrogen and oxygen atoms in total. The first-order chi connectivity index (χ1) is 8.19. The highest BCUT2D eigenvalue weighted by Gasteiger charge is 2.14. The zero-order valence-corrected chi connectivity index (χ0v) is 11.3. The third-order valence-corrected chi connectivity index (χ3v) is 3.69. The van der Waals surface area contributed by atoms with Gasteiger partial charge in [-0.2, -0.15) is 0 Å². The Balaban J connectivity index is 2.56. The molecule has 0 bridgehead atoms. The second kappa shape index (κ2) is 7.37. The average molecular weight is 267 g/mol. The molecule has 4 heteroatoms. The van der Waals surface area contributed by atoms with Crippen LogP contribution in [0.5, 0.6) is 0 Å². The minimum absolute atomic E-state index is 0.470. The highest BCUT2D eigenvalue weighted by atomic mass is 32.1. The van der Waals surface area contributed by atoms with E-state index < -0.39 is 6.10 Å². The SMILES string of the molecule is C=CCN(CC=C)C(=S)CC(O)c1cccs1. The molecular weight excluding hydrogens is 250 g/mol. The quantitative estimate of drug-likeness (QED) is 0.606. The lowest BCUT2D eigenvalue weighted by Crippen LogP contribution is -2.30. The first kappa shape index (κ1) is 14.1. The zero-order chi connectivity index (χ0) is 12.7. The summed E-state index contributed by atoms with van der Waals surface area (Å²) in [6.07, 6.45) is 3.55. The Morgan fingerprint density at radius 3 is 2.59 bits per heavy atom. The molecule has 0 amide bonds. The summed E-state index contributed by atoms with van der Waals surface area (Å²) in [5.41, 5.74) is 0. The van der Waals surface area contributed by atoms with Crippen molar-refractivity contribution in [3.63, 3.8) is 0 Å². The van der Waals surface area contributed by atoms with Gasteiger partial charge in [0, 0.05) is 24.4 Å². The van der Waals surface area contributed by atoms with E-state index in [-0.39, 0.29) is 0 Å². The molecule has 17 heavy (non-hydrogen) atoms. The predicted octanol–water partition coefficient (Wildman–Crippen LogP) is 3.17. The summed E-state index contributed by atoms with van der Waals surface area (Å²) in [7, 11) is 0. The Hall–Kier alpha value is -0.970. The van der Waals surface area contributed by atoms with Crippen LogP contribution in [0.15, 0.2) is 42.8 Å².